The number of benzene rings is 1. The van der Waals surface area contributed by atoms with E-state index in [2.05, 4.69) is 34.8 Å². The maximum atomic E-state index is 5.89. The second-order valence-corrected chi connectivity index (χ2v) is 5.10. The number of nitrogens with one attached hydrogen (secondary N) is 1. The van der Waals surface area contributed by atoms with E-state index in [-0.39, 0.29) is 6.10 Å². The lowest BCUT2D eigenvalue weighted by molar-refractivity contribution is 0.0807. The summed E-state index contributed by atoms with van der Waals surface area (Å²) in [4.78, 5) is 0. The molecule has 0 spiro atoms. The number of rotatable bonds is 8. The lowest BCUT2D eigenvalue weighted by Gasteiger charge is -2.19. The number of hydrogen-bond donors (Lipinski definition) is 1. The van der Waals surface area contributed by atoms with Gasteiger partial charge in [0.1, 0.15) is 11.9 Å². The van der Waals surface area contributed by atoms with Gasteiger partial charge in [0.25, 0.3) is 0 Å². The van der Waals surface area contributed by atoms with E-state index in [1.165, 1.54) is 3.57 Å². The first-order valence-electron chi connectivity index (χ1n) is 5.88. The first-order chi connectivity index (χ1) is 8.26. The molecule has 0 saturated carbocycles. The molecule has 1 aromatic rings. The second-order valence-electron chi connectivity index (χ2n) is 3.86. The summed E-state index contributed by atoms with van der Waals surface area (Å²) in [5, 5.41) is 3.35. The highest BCUT2D eigenvalue weighted by molar-refractivity contribution is 14.1. The van der Waals surface area contributed by atoms with Crippen molar-refractivity contribution in [2.24, 2.45) is 0 Å². The van der Waals surface area contributed by atoms with Gasteiger partial charge in [0, 0.05) is 17.2 Å². The largest absolute Gasteiger partial charge is 0.487 e. The van der Waals surface area contributed by atoms with Gasteiger partial charge in [0.15, 0.2) is 0 Å². The summed E-state index contributed by atoms with van der Waals surface area (Å²) >= 11 is 2.28. The zero-order valence-electron chi connectivity index (χ0n) is 10.4. The molecule has 1 rings (SSSR count). The van der Waals surface area contributed by atoms with E-state index in [9.17, 15) is 0 Å². The fourth-order valence-corrected chi connectivity index (χ4v) is 2.01. The lowest BCUT2D eigenvalue weighted by atomic mass is 10.3. The van der Waals surface area contributed by atoms with Crippen molar-refractivity contribution in [1.29, 1.82) is 0 Å². The van der Waals surface area contributed by atoms with Gasteiger partial charge >= 0.3 is 0 Å². The van der Waals surface area contributed by atoms with E-state index in [4.69, 9.17) is 9.47 Å². The van der Waals surface area contributed by atoms with Gasteiger partial charge in [-0.15, -0.1) is 0 Å². The predicted octanol–water partition coefficient (Wildman–Crippen LogP) is 2.68. The summed E-state index contributed by atoms with van der Waals surface area (Å²) in [7, 11) is 1.70. The topological polar surface area (TPSA) is 30.5 Å². The number of ether oxygens (including phenoxy) is 2. The highest BCUT2D eigenvalue weighted by atomic mass is 127. The van der Waals surface area contributed by atoms with E-state index >= 15 is 0 Å². The van der Waals surface area contributed by atoms with Crippen LogP contribution in [-0.4, -0.2) is 32.9 Å². The van der Waals surface area contributed by atoms with Crippen LogP contribution in [0.4, 0.5) is 0 Å². The molecule has 4 heteroatoms. The standard InChI is InChI=1S/C13H20INO2/c1-3-7-15-9-13(10-16-2)17-12-6-4-5-11(14)8-12/h4-6,8,13,15H,3,7,9-10H2,1-2H3. The van der Waals surface area contributed by atoms with Crippen LogP contribution in [0.5, 0.6) is 5.75 Å². The van der Waals surface area contributed by atoms with Crippen LogP contribution in [0, 0.1) is 3.57 Å². The molecule has 1 unspecified atom stereocenters. The molecule has 0 amide bonds. The number of methoxy groups -OCH3 is 1. The molecule has 0 heterocycles. The van der Waals surface area contributed by atoms with Crippen LogP contribution in [-0.2, 0) is 4.74 Å². The molecule has 3 nitrogen and oxygen atoms in total. The van der Waals surface area contributed by atoms with Crippen molar-refractivity contribution in [2.75, 3.05) is 26.8 Å². The van der Waals surface area contributed by atoms with Crippen molar-refractivity contribution in [3.8, 4) is 5.75 Å². The molecule has 0 saturated heterocycles. The van der Waals surface area contributed by atoms with Crippen LogP contribution in [0.3, 0.4) is 0 Å². The third-order valence-corrected chi connectivity index (χ3v) is 2.92. The van der Waals surface area contributed by atoms with E-state index in [1.807, 2.05) is 24.3 Å². The summed E-state index contributed by atoms with van der Waals surface area (Å²) < 4.78 is 12.2. The van der Waals surface area contributed by atoms with Crippen LogP contribution >= 0.6 is 22.6 Å². The molecular weight excluding hydrogens is 329 g/mol. The van der Waals surface area contributed by atoms with Gasteiger partial charge in [-0.2, -0.15) is 0 Å². The molecule has 0 bridgehead atoms. The highest BCUT2D eigenvalue weighted by Gasteiger charge is 2.09. The zero-order chi connectivity index (χ0) is 12.5. The van der Waals surface area contributed by atoms with Crippen LogP contribution < -0.4 is 10.1 Å². The summed E-state index contributed by atoms with van der Waals surface area (Å²) in [6, 6.07) is 8.06. The fraction of sp³-hybridized carbons (Fsp3) is 0.538. The minimum Gasteiger partial charge on any atom is -0.487 e. The zero-order valence-corrected chi connectivity index (χ0v) is 12.6. The molecule has 17 heavy (non-hydrogen) atoms. The minimum atomic E-state index is 0.0600. The molecular formula is C13H20INO2. The molecule has 0 aromatic heterocycles. The van der Waals surface area contributed by atoms with Crippen molar-refractivity contribution in [3.05, 3.63) is 27.8 Å². The fourth-order valence-electron chi connectivity index (χ4n) is 1.49. The molecule has 0 aliphatic rings. The summed E-state index contributed by atoms with van der Waals surface area (Å²) in [6.07, 6.45) is 1.19. The monoisotopic (exact) mass is 349 g/mol. The van der Waals surface area contributed by atoms with Gasteiger partial charge in [0.05, 0.1) is 6.61 Å². The van der Waals surface area contributed by atoms with E-state index in [1.54, 1.807) is 7.11 Å². The van der Waals surface area contributed by atoms with Crippen molar-refractivity contribution < 1.29 is 9.47 Å². The van der Waals surface area contributed by atoms with Gasteiger partial charge in [-0.3, -0.25) is 0 Å². The average molecular weight is 349 g/mol. The third-order valence-electron chi connectivity index (χ3n) is 2.25. The number of hydrogen-bond acceptors (Lipinski definition) is 3. The van der Waals surface area contributed by atoms with Gasteiger partial charge < -0.3 is 14.8 Å². The Morgan fingerprint density at radius 2 is 2.24 bits per heavy atom. The molecule has 1 atom stereocenters. The molecule has 96 valence electrons. The van der Waals surface area contributed by atoms with Gasteiger partial charge in [-0.1, -0.05) is 13.0 Å². The van der Waals surface area contributed by atoms with Crippen molar-refractivity contribution in [3.63, 3.8) is 0 Å². The molecule has 0 radical (unpaired) electrons. The van der Waals surface area contributed by atoms with Gasteiger partial charge in [0.2, 0.25) is 0 Å². The smallest absolute Gasteiger partial charge is 0.134 e. The quantitative estimate of drug-likeness (QED) is 0.578. The predicted molar refractivity (Wildman–Crippen MR) is 78.6 cm³/mol. The Balaban J connectivity index is 2.47. The first-order valence-corrected chi connectivity index (χ1v) is 6.96. The summed E-state index contributed by atoms with van der Waals surface area (Å²) in [5.41, 5.74) is 0. The van der Waals surface area contributed by atoms with Crippen molar-refractivity contribution >= 4 is 22.6 Å². The molecule has 0 fully saturated rings. The van der Waals surface area contributed by atoms with Crippen LogP contribution in [0.2, 0.25) is 0 Å². The Labute approximate surface area is 117 Å². The Kier molecular flexibility index (Phi) is 7.55. The summed E-state index contributed by atoms with van der Waals surface area (Å²) in [6.45, 7) is 4.57. The second kappa shape index (κ2) is 8.72. The van der Waals surface area contributed by atoms with Crippen LogP contribution in [0.1, 0.15) is 13.3 Å². The third kappa shape index (κ3) is 6.24. The van der Waals surface area contributed by atoms with Crippen molar-refractivity contribution in [1.82, 2.24) is 5.32 Å². The Hall–Kier alpha value is -0.330. The first kappa shape index (κ1) is 14.7. The lowest BCUT2D eigenvalue weighted by Crippen LogP contribution is -2.35. The maximum absolute atomic E-state index is 5.89. The average Bonchev–Trinajstić information content (AvgIpc) is 2.29. The Bertz CT molecular complexity index is 320. The van der Waals surface area contributed by atoms with Crippen LogP contribution in [0.25, 0.3) is 0 Å². The molecule has 1 aromatic carbocycles. The van der Waals surface area contributed by atoms with E-state index < -0.39 is 0 Å². The van der Waals surface area contributed by atoms with Gasteiger partial charge in [-0.25, -0.2) is 0 Å². The maximum Gasteiger partial charge on any atom is 0.134 e. The molecule has 1 N–H and O–H groups in total. The SMILES string of the molecule is CCCNCC(COC)Oc1cccc(I)c1. The van der Waals surface area contributed by atoms with Crippen LogP contribution in [0.15, 0.2) is 24.3 Å². The normalized spacial score (nSPS) is 12.4. The van der Waals surface area contributed by atoms with E-state index in [0.717, 1.165) is 25.3 Å². The summed E-state index contributed by atoms with van der Waals surface area (Å²) in [5.74, 6) is 0.900. The van der Waals surface area contributed by atoms with E-state index in [0.29, 0.717) is 6.61 Å². The molecule has 0 aliphatic carbocycles. The minimum absolute atomic E-state index is 0.0600. The van der Waals surface area contributed by atoms with Gasteiger partial charge in [-0.05, 0) is 53.8 Å². The Morgan fingerprint density at radius 1 is 1.41 bits per heavy atom. The Morgan fingerprint density at radius 3 is 2.88 bits per heavy atom. The molecule has 0 aliphatic heterocycles. The number of halogens is 1. The van der Waals surface area contributed by atoms with Crippen molar-refractivity contribution in [2.45, 2.75) is 19.4 Å². The highest BCUT2D eigenvalue weighted by Crippen LogP contribution is 2.16.